The topological polar surface area (TPSA) is 101 Å². The van der Waals surface area contributed by atoms with Crippen molar-refractivity contribution >= 4 is 16.9 Å². The lowest BCUT2D eigenvalue weighted by Gasteiger charge is -2.52. The summed E-state index contributed by atoms with van der Waals surface area (Å²) in [6, 6.07) is 10.8. The molecule has 2 fully saturated rings. The summed E-state index contributed by atoms with van der Waals surface area (Å²) < 4.78 is 5.32. The second-order valence-electron chi connectivity index (χ2n) is 9.47. The van der Waals surface area contributed by atoms with Crippen molar-refractivity contribution in [1.82, 2.24) is 14.9 Å². The van der Waals surface area contributed by atoms with Gasteiger partial charge in [-0.05, 0) is 54.2 Å². The molecule has 2 aromatic heterocycles. The molecule has 0 unspecified atom stereocenters. The number of piperidine rings is 1. The van der Waals surface area contributed by atoms with E-state index in [0.717, 1.165) is 34.5 Å². The molecule has 0 radical (unpaired) electrons. The van der Waals surface area contributed by atoms with E-state index in [0.29, 0.717) is 25.8 Å². The number of nitrogens with zero attached hydrogens (tertiary/aromatic N) is 3. The van der Waals surface area contributed by atoms with Gasteiger partial charge < -0.3 is 14.6 Å². The third-order valence-corrected chi connectivity index (χ3v) is 8.05. The highest BCUT2D eigenvalue weighted by atomic mass is 16.6. The second kappa shape index (κ2) is 7.57. The lowest BCUT2D eigenvalue weighted by molar-refractivity contribution is -0.533. The van der Waals surface area contributed by atoms with Gasteiger partial charge in [0.15, 0.2) is 0 Å². The van der Waals surface area contributed by atoms with Crippen LogP contribution < -0.4 is 4.74 Å². The Morgan fingerprint density at radius 3 is 2.79 bits per heavy atom. The van der Waals surface area contributed by atoms with Gasteiger partial charge in [-0.3, -0.25) is 14.9 Å². The number of carbonyl (C=O) groups excluding carboxylic acids is 1. The van der Waals surface area contributed by atoms with Gasteiger partial charge in [0.25, 0.3) is 0 Å². The number of methoxy groups -OCH3 is 1. The van der Waals surface area contributed by atoms with E-state index in [2.05, 4.69) is 16.0 Å². The van der Waals surface area contributed by atoms with Crippen LogP contribution in [0.25, 0.3) is 11.0 Å². The van der Waals surface area contributed by atoms with Crippen LogP contribution in [0.1, 0.15) is 48.0 Å². The molecule has 1 saturated heterocycles. The third-order valence-electron chi connectivity index (χ3n) is 8.05. The Balaban J connectivity index is 1.52. The minimum atomic E-state index is -0.678. The maximum Gasteiger partial charge on any atom is 0.223 e. The smallest absolute Gasteiger partial charge is 0.223 e. The van der Waals surface area contributed by atoms with Gasteiger partial charge in [0.1, 0.15) is 11.4 Å². The monoisotopic (exact) mass is 446 g/mol. The number of hydrogen-bond acceptors (Lipinski definition) is 5. The van der Waals surface area contributed by atoms with Crippen molar-refractivity contribution in [2.75, 3.05) is 13.7 Å². The zero-order valence-electron chi connectivity index (χ0n) is 18.4. The second-order valence-corrected chi connectivity index (χ2v) is 9.47. The van der Waals surface area contributed by atoms with E-state index in [9.17, 15) is 14.9 Å². The number of ether oxygens (including phenoxy) is 1. The minimum absolute atomic E-state index is 0.0349. The Morgan fingerprint density at radius 1 is 1.21 bits per heavy atom. The number of carbonyl (C=O) groups is 1. The molecule has 1 amide bonds. The molecule has 1 aliphatic carbocycles. The molecule has 0 bridgehead atoms. The van der Waals surface area contributed by atoms with Crippen molar-refractivity contribution in [2.24, 2.45) is 11.8 Å². The Morgan fingerprint density at radius 2 is 2.03 bits per heavy atom. The van der Waals surface area contributed by atoms with E-state index < -0.39 is 6.04 Å². The molecule has 0 spiro atoms. The third kappa shape index (κ3) is 3.03. The average Bonchev–Trinajstić information content (AvgIpc) is 3.22. The number of hydrogen-bond donors (Lipinski definition) is 1. The Labute approximate surface area is 191 Å². The summed E-state index contributed by atoms with van der Waals surface area (Å²) in [5, 5.41) is 13.3. The summed E-state index contributed by atoms with van der Waals surface area (Å²) in [5.41, 5.74) is 3.98. The van der Waals surface area contributed by atoms with E-state index in [1.807, 2.05) is 35.2 Å². The fourth-order valence-electron chi connectivity index (χ4n) is 6.67. The van der Waals surface area contributed by atoms with Crippen molar-refractivity contribution in [3.05, 3.63) is 69.5 Å². The van der Waals surface area contributed by atoms with Gasteiger partial charge in [0.05, 0.1) is 19.1 Å². The maximum atomic E-state index is 13.2. The van der Waals surface area contributed by atoms with Crippen molar-refractivity contribution in [1.29, 1.82) is 0 Å². The number of nitrogens with one attached hydrogen (secondary N) is 1. The summed E-state index contributed by atoms with van der Waals surface area (Å²) in [4.78, 5) is 35.3. The van der Waals surface area contributed by atoms with Gasteiger partial charge >= 0.3 is 0 Å². The number of aromatic nitrogens is 2. The lowest BCUT2D eigenvalue weighted by Crippen LogP contribution is -2.55. The number of aromatic amines is 1. The molecule has 33 heavy (non-hydrogen) atoms. The predicted molar refractivity (Wildman–Crippen MR) is 122 cm³/mol. The molecule has 8 heteroatoms. The van der Waals surface area contributed by atoms with Gasteiger partial charge in [-0.1, -0.05) is 12.1 Å². The molecule has 170 valence electrons. The molecule has 5 atom stereocenters. The molecular weight excluding hydrogens is 420 g/mol. The Hall–Kier alpha value is -3.42. The standard InChI is InChI=1S/C25H26N4O4/c1-33-16-7-4-14(5-8-16)21-19(29(31)32)9-6-15-13-20(30)28-12-10-17-18-3-2-11-26-25(18)27-23(17)24(28)22(15)21/h2-5,7-8,11,15,19,21-22,24H,6,9-10,12-13H2,1H3,(H,26,27)/t15-,19+,21-,22-,24+/m0/s1. The van der Waals surface area contributed by atoms with E-state index in [1.54, 1.807) is 13.3 Å². The van der Waals surface area contributed by atoms with Gasteiger partial charge in [-0.2, -0.15) is 0 Å². The molecule has 1 aromatic carbocycles. The summed E-state index contributed by atoms with van der Waals surface area (Å²) in [6.45, 7) is 0.639. The summed E-state index contributed by atoms with van der Waals surface area (Å²) >= 11 is 0. The molecule has 3 aromatic rings. The first-order valence-corrected chi connectivity index (χ1v) is 11.6. The first-order valence-electron chi connectivity index (χ1n) is 11.6. The molecule has 1 saturated carbocycles. The summed E-state index contributed by atoms with van der Waals surface area (Å²) in [5.74, 6) is 0.688. The molecular formula is C25H26N4O4. The van der Waals surface area contributed by atoms with Gasteiger partial charge in [-0.25, -0.2) is 4.98 Å². The number of nitro groups is 1. The number of H-pyrrole nitrogens is 1. The van der Waals surface area contributed by atoms with Crippen LogP contribution in [0.5, 0.6) is 5.75 Å². The van der Waals surface area contributed by atoms with E-state index in [1.165, 1.54) is 5.56 Å². The van der Waals surface area contributed by atoms with Crippen molar-refractivity contribution in [2.45, 2.75) is 43.7 Å². The highest BCUT2D eigenvalue weighted by molar-refractivity contribution is 5.84. The van der Waals surface area contributed by atoms with Crippen LogP contribution in [0.3, 0.4) is 0 Å². The minimum Gasteiger partial charge on any atom is -0.497 e. The van der Waals surface area contributed by atoms with Crippen molar-refractivity contribution in [3.8, 4) is 5.75 Å². The van der Waals surface area contributed by atoms with Gasteiger partial charge in [0, 0.05) is 47.5 Å². The number of benzene rings is 1. The fraction of sp³-hybridized carbons (Fsp3) is 0.440. The van der Waals surface area contributed by atoms with Gasteiger partial charge in [-0.15, -0.1) is 0 Å². The molecule has 3 aliphatic rings. The SMILES string of the molecule is COc1ccc([C@@H]2[C@@H]3[C@@H](CC[C@H]2[N+](=O)[O-])CC(=O)N2CCc4c([nH]c5ncccc45)[C@@H]32)cc1. The summed E-state index contributed by atoms with van der Waals surface area (Å²) in [6.07, 6.45) is 4.19. The van der Waals surface area contributed by atoms with Crippen LogP contribution >= 0.6 is 0 Å². The number of pyridine rings is 1. The normalized spacial score (nSPS) is 28.7. The lowest BCUT2D eigenvalue weighted by atomic mass is 9.60. The van der Waals surface area contributed by atoms with Crippen LogP contribution in [0.15, 0.2) is 42.6 Å². The Kier molecular flexibility index (Phi) is 4.64. The van der Waals surface area contributed by atoms with Crippen LogP contribution in [0.2, 0.25) is 0 Å². The maximum absolute atomic E-state index is 13.2. The van der Waals surface area contributed by atoms with Gasteiger partial charge in [0.2, 0.25) is 11.9 Å². The molecule has 2 aliphatic heterocycles. The van der Waals surface area contributed by atoms with Crippen LogP contribution in [-0.2, 0) is 11.2 Å². The van der Waals surface area contributed by atoms with E-state index in [4.69, 9.17) is 4.74 Å². The zero-order valence-corrected chi connectivity index (χ0v) is 18.4. The highest BCUT2D eigenvalue weighted by Gasteiger charge is 2.55. The number of rotatable bonds is 3. The zero-order chi connectivity index (χ0) is 22.7. The molecule has 4 heterocycles. The van der Waals surface area contributed by atoms with E-state index in [-0.39, 0.29) is 34.6 Å². The fourth-order valence-corrected chi connectivity index (χ4v) is 6.67. The van der Waals surface area contributed by atoms with Crippen LogP contribution in [0, 0.1) is 22.0 Å². The quantitative estimate of drug-likeness (QED) is 0.486. The number of fused-ring (bicyclic) bond motifs is 7. The first kappa shape index (κ1) is 20.2. The predicted octanol–water partition coefficient (Wildman–Crippen LogP) is 3.86. The Bertz CT molecular complexity index is 1240. The molecule has 6 rings (SSSR count). The first-order chi connectivity index (χ1) is 16.1. The van der Waals surface area contributed by atoms with Crippen LogP contribution in [0.4, 0.5) is 0 Å². The molecule has 8 nitrogen and oxygen atoms in total. The molecule has 1 N–H and O–H groups in total. The highest BCUT2D eigenvalue weighted by Crippen LogP contribution is 2.55. The number of amides is 1. The summed E-state index contributed by atoms with van der Waals surface area (Å²) in [7, 11) is 1.61. The average molecular weight is 447 g/mol. The van der Waals surface area contributed by atoms with Crippen molar-refractivity contribution in [3.63, 3.8) is 0 Å². The largest absolute Gasteiger partial charge is 0.497 e. The van der Waals surface area contributed by atoms with Crippen LogP contribution in [-0.4, -0.2) is 45.4 Å². The van der Waals surface area contributed by atoms with E-state index >= 15 is 0 Å². The van der Waals surface area contributed by atoms with Crippen molar-refractivity contribution < 1.29 is 14.5 Å².